The van der Waals surface area contributed by atoms with Crippen LogP contribution < -0.4 is 0 Å². The lowest BCUT2D eigenvalue weighted by Gasteiger charge is -2.20. The molecule has 0 spiro atoms. The van der Waals surface area contributed by atoms with Gasteiger partial charge in [-0.2, -0.15) is 4.98 Å². The second-order valence-electron chi connectivity index (χ2n) is 5.11. The molecular weight excluding hydrogens is 266 g/mol. The molecule has 108 valence electrons. The molecule has 21 heavy (non-hydrogen) atoms. The van der Waals surface area contributed by atoms with Gasteiger partial charge in [-0.3, -0.25) is 4.79 Å². The van der Waals surface area contributed by atoms with Crippen LogP contribution in [0, 0.1) is 6.92 Å². The number of aryl methyl sites for hydroxylation is 1. The summed E-state index contributed by atoms with van der Waals surface area (Å²) < 4.78 is 5.21. The molecule has 1 amide bonds. The molecule has 1 aliphatic heterocycles. The number of hydrogen-bond donors (Lipinski definition) is 0. The number of likely N-dealkylation sites (tertiary alicyclic amines) is 1. The number of rotatable bonds is 3. The van der Waals surface area contributed by atoms with E-state index in [0.717, 1.165) is 24.9 Å². The Labute approximate surface area is 123 Å². The third kappa shape index (κ3) is 3.02. The van der Waals surface area contributed by atoms with Crippen molar-refractivity contribution in [3.8, 4) is 0 Å². The maximum atomic E-state index is 12.4. The summed E-state index contributed by atoms with van der Waals surface area (Å²) in [6, 6.07) is 9.68. The molecule has 1 unspecified atom stereocenters. The molecule has 5 nitrogen and oxygen atoms in total. The first-order chi connectivity index (χ1) is 10.2. The fraction of sp³-hybridized carbons (Fsp3) is 0.312. The van der Waals surface area contributed by atoms with E-state index >= 15 is 0 Å². The Balaban J connectivity index is 1.73. The molecule has 1 aliphatic rings. The third-order valence-electron chi connectivity index (χ3n) is 3.58. The average molecular weight is 283 g/mol. The van der Waals surface area contributed by atoms with Gasteiger partial charge in [0.1, 0.15) is 6.04 Å². The second-order valence-corrected chi connectivity index (χ2v) is 5.11. The fourth-order valence-corrected chi connectivity index (χ4v) is 2.56. The molecule has 0 N–H and O–H groups in total. The van der Waals surface area contributed by atoms with Gasteiger partial charge in [-0.05, 0) is 31.4 Å². The summed E-state index contributed by atoms with van der Waals surface area (Å²) in [5, 5.41) is 3.81. The lowest BCUT2D eigenvalue weighted by molar-refractivity contribution is -0.127. The van der Waals surface area contributed by atoms with Crippen LogP contribution in [0.5, 0.6) is 0 Å². The Hall–Kier alpha value is -2.43. The zero-order chi connectivity index (χ0) is 14.7. The van der Waals surface area contributed by atoms with E-state index in [9.17, 15) is 4.79 Å². The molecule has 2 heterocycles. The van der Waals surface area contributed by atoms with Crippen molar-refractivity contribution in [2.75, 3.05) is 6.54 Å². The summed E-state index contributed by atoms with van der Waals surface area (Å²) in [4.78, 5) is 18.4. The highest BCUT2D eigenvalue weighted by atomic mass is 16.5. The van der Waals surface area contributed by atoms with Gasteiger partial charge >= 0.3 is 0 Å². The predicted molar refractivity (Wildman–Crippen MR) is 78.2 cm³/mol. The lowest BCUT2D eigenvalue weighted by Crippen LogP contribution is -2.29. The normalized spacial score (nSPS) is 18.5. The van der Waals surface area contributed by atoms with Crippen LogP contribution in [0.1, 0.15) is 36.2 Å². The summed E-state index contributed by atoms with van der Waals surface area (Å²) in [6.07, 6.45) is 5.26. The molecular formula is C16H17N3O2. The molecule has 2 aromatic rings. The van der Waals surface area contributed by atoms with Crippen molar-refractivity contribution >= 4 is 12.0 Å². The van der Waals surface area contributed by atoms with Crippen molar-refractivity contribution in [2.45, 2.75) is 25.8 Å². The molecule has 0 aliphatic carbocycles. The van der Waals surface area contributed by atoms with Crippen LogP contribution in [0.4, 0.5) is 0 Å². The number of benzene rings is 1. The summed E-state index contributed by atoms with van der Waals surface area (Å²) in [5.41, 5.74) is 1.01. The Morgan fingerprint density at radius 1 is 1.38 bits per heavy atom. The minimum atomic E-state index is -0.0980. The van der Waals surface area contributed by atoms with Crippen LogP contribution in [0.2, 0.25) is 0 Å². The lowest BCUT2D eigenvalue weighted by atomic mass is 10.2. The number of carbonyl (C=O) groups excluding carboxylic acids is 1. The highest BCUT2D eigenvalue weighted by Gasteiger charge is 2.32. The van der Waals surface area contributed by atoms with Crippen molar-refractivity contribution in [3.63, 3.8) is 0 Å². The van der Waals surface area contributed by atoms with Crippen LogP contribution in [-0.4, -0.2) is 27.5 Å². The number of carbonyl (C=O) groups is 1. The number of amides is 1. The van der Waals surface area contributed by atoms with E-state index in [4.69, 9.17) is 4.52 Å². The van der Waals surface area contributed by atoms with E-state index in [1.807, 2.05) is 36.4 Å². The van der Waals surface area contributed by atoms with E-state index in [1.165, 1.54) is 0 Å². The topological polar surface area (TPSA) is 59.2 Å². The number of hydrogen-bond acceptors (Lipinski definition) is 4. The summed E-state index contributed by atoms with van der Waals surface area (Å²) in [5.74, 6) is 1.12. The first kappa shape index (κ1) is 13.5. The summed E-state index contributed by atoms with van der Waals surface area (Å²) >= 11 is 0. The Morgan fingerprint density at radius 3 is 2.90 bits per heavy atom. The van der Waals surface area contributed by atoms with Gasteiger partial charge in [0, 0.05) is 12.6 Å². The molecule has 0 radical (unpaired) electrons. The third-order valence-corrected chi connectivity index (χ3v) is 3.58. The smallest absolute Gasteiger partial charge is 0.249 e. The van der Waals surface area contributed by atoms with Gasteiger partial charge in [0.15, 0.2) is 5.82 Å². The van der Waals surface area contributed by atoms with Gasteiger partial charge in [0.2, 0.25) is 11.8 Å². The van der Waals surface area contributed by atoms with Gasteiger partial charge in [-0.25, -0.2) is 0 Å². The molecule has 1 aromatic heterocycles. The fourth-order valence-electron chi connectivity index (χ4n) is 2.56. The van der Waals surface area contributed by atoms with Crippen molar-refractivity contribution in [1.29, 1.82) is 0 Å². The minimum absolute atomic E-state index is 0.0165. The standard InChI is InChI=1S/C16H17N3O2/c1-12-17-16(21-18-12)14-8-5-11-19(14)15(20)10-9-13-6-3-2-4-7-13/h2-4,6-7,9-10,14H,5,8,11H2,1H3/b10-9+. The first-order valence-electron chi connectivity index (χ1n) is 7.08. The molecule has 1 fully saturated rings. The first-order valence-corrected chi connectivity index (χ1v) is 7.08. The Bertz CT molecular complexity index is 649. The summed E-state index contributed by atoms with van der Waals surface area (Å²) in [7, 11) is 0. The van der Waals surface area contributed by atoms with Crippen molar-refractivity contribution in [2.24, 2.45) is 0 Å². The van der Waals surface area contributed by atoms with Crippen LogP contribution in [0.25, 0.3) is 6.08 Å². The molecule has 5 heteroatoms. The van der Waals surface area contributed by atoms with Crippen LogP contribution in [0.15, 0.2) is 40.9 Å². The van der Waals surface area contributed by atoms with Crippen molar-refractivity contribution in [3.05, 3.63) is 53.7 Å². The monoisotopic (exact) mass is 283 g/mol. The highest BCUT2D eigenvalue weighted by molar-refractivity contribution is 5.92. The quantitative estimate of drug-likeness (QED) is 0.813. The van der Waals surface area contributed by atoms with E-state index in [1.54, 1.807) is 17.9 Å². The molecule has 1 saturated heterocycles. The largest absolute Gasteiger partial charge is 0.337 e. The Kier molecular flexibility index (Phi) is 3.81. The SMILES string of the molecule is Cc1noc(C2CCCN2C(=O)/C=C/c2ccccc2)n1. The van der Waals surface area contributed by atoms with Crippen LogP contribution in [0.3, 0.4) is 0 Å². The maximum absolute atomic E-state index is 12.4. The highest BCUT2D eigenvalue weighted by Crippen LogP contribution is 2.31. The van der Waals surface area contributed by atoms with Gasteiger partial charge in [-0.1, -0.05) is 35.5 Å². The minimum Gasteiger partial charge on any atom is -0.337 e. The molecule has 1 atom stereocenters. The van der Waals surface area contributed by atoms with Gasteiger partial charge < -0.3 is 9.42 Å². The molecule has 1 aromatic carbocycles. The van der Waals surface area contributed by atoms with E-state index in [2.05, 4.69) is 10.1 Å². The maximum Gasteiger partial charge on any atom is 0.249 e. The zero-order valence-corrected chi connectivity index (χ0v) is 11.9. The van der Waals surface area contributed by atoms with Crippen LogP contribution >= 0.6 is 0 Å². The average Bonchev–Trinajstić information content (AvgIpc) is 3.14. The van der Waals surface area contributed by atoms with Gasteiger partial charge in [0.25, 0.3) is 0 Å². The van der Waals surface area contributed by atoms with E-state index in [0.29, 0.717) is 11.7 Å². The molecule has 0 saturated carbocycles. The van der Waals surface area contributed by atoms with Crippen LogP contribution in [-0.2, 0) is 4.79 Å². The molecule has 0 bridgehead atoms. The number of aromatic nitrogens is 2. The van der Waals surface area contributed by atoms with Gasteiger partial charge in [0.05, 0.1) is 0 Å². The zero-order valence-electron chi connectivity index (χ0n) is 11.9. The number of nitrogens with zero attached hydrogens (tertiary/aromatic N) is 3. The van der Waals surface area contributed by atoms with E-state index in [-0.39, 0.29) is 11.9 Å². The van der Waals surface area contributed by atoms with Crippen molar-refractivity contribution in [1.82, 2.24) is 15.0 Å². The summed E-state index contributed by atoms with van der Waals surface area (Å²) in [6.45, 7) is 2.51. The van der Waals surface area contributed by atoms with E-state index < -0.39 is 0 Å². The second kappa shape index (κ2) is 5.91. The van der Waals surface area contributed by atoms with Crippen molar-refractivity contribution < 1.29 is 9.32 Å². The Morgan fingerprint density at radius 2 is 2.19 bits per heavy atom. The van der Waals surface area contributed by atoms with Gasteiger partial charge in [-0.15, -0.1) is 0 Å². The molecule has 3 rings (SSSR count). The predicted octanol–water partition coefficient (Wildman–Crippen LogP) is 2.75.